The zero-order valence-corrected chi connectivity index (χ0v) is 17.6. The summed E-state index contributed by atoms with van der Waals surface area (Å²) in [5.74, 6) is -1.05. The number of nitrogens with two attached hydrogens (primary N) is 1. The highest BCUT2D eigenvalue weighted by molar-refractivity contribution is 6.09. The molecule has 0 saturated carbocycles. The molecule has 33 heavy (non-hydrogen) atoms. The van der Waals surface area contributed by atoms with Crippen LogP contribution in [-0.4, -0.2) is 12.1 Å². The number of allylic oxidation sites excluding steroid dienone is 2. The number of benzene rings is 3. The Morgan fingerprint density at radius 2 is 1.52 bits per heavy atom. The molecule has 162 valence electrons. The van der Waals surface area contributed by atoms with Crippen LogP contribution in [0.25, 0.3) is 0 Å². The lowest BCUT2D eigenvalue weighted by atomic mass is 9.82. The average Bonchev–Trinajstić information content (AvgIpc) is 2.85. The second kappa shape index (κ2) is 9.98. The normalized spacial score (nSPS) is 15.7. The highest BCUT2D eigenvalue weighted by atomic mass is 16.5. The first-order valence-electron chi connectivity index (χ1n) is 10.2. The number of nitriles is 1. The van der Waals surface area contributed by atoms with Gasteiger partial charge in [0.25, 0.3) is 5.91 Å². The summed E-state index contributed by atoms with van der Waals surface area (Å²) >= 11 is 0. The van der Waals surface area contributed by atoms with Gasteiger partial charge in [-0.15, -0.1) is 0 Å². The Morgan fingerprint density at radius 1 is 0.939 bits per heavy atom. The van der Waals surface area contributed by atoms with Crippen molar-refractivity contribution >= 4 is 23.5 Å². The van der Waals surface area contributed by atoms with Crippen LogP contribution in [0, 0.1) is 11.3 Å². The van der Waals surface area contributed by atoms with Crippen molar-refractivity contribution in [1.29, 1.82) is 5.26 Å². The molecule has 1 atom stereocenters. The highest BCUT2D eigenvalue weighted by Gasteiger charge is 2.36. The maximum Gasteiger partial charge on any atom is 0.256 e. The van der Waals surface area contributed by atoms with E-state index in [-0.39, 0.29) is 22.8 Å². The molecule has 0 fully saturated rings. The molecule has 7 nitrogen and oxygen atoms in total. The molecule has 3 aromatic carbocycles. The number of para-hydroxylation sites is 2. The van der Waals surface area contributed by atoms with Crippen LogP contribution < -0.4 is 16.5 Å². The Balaban J connectivity index is 1.77. The quantitative estimate of drug-likeness (QED) is 0.390. The van der Waals surface area contributed by atoms with Gasteiger partial charge < -0.3 is 15.8 Å². The lowest BCUT2D eigenvalue weighted by Gasteiger charge is -2.27. The predicted molar refractivity (Wildman–Crippen MR) is 128 cm³/mol. The van der Waals surface area contributed by atoms with Crippen LogP contribution in [0.15, 0.2) is 119 Å². The van der Waals surface area contributed by atoms with Crippen LogP contribution in [0.5, 0.6) is 0 Å². The minimum absolute atomic E-state index is 0.0659. The predicted octanol–water partition coefficient (Wildman–Crippen LogP) is 4.48. The molecule has 4 N–H and O–H groups in total. The molecule has 0 aromatic heterocycles. The number of rotatable bonds is 6. The third-order valence-electron chi connectivity index (χ3n) is 5.01. The fourth-order valence-corrected chi connectivity index (χ4v) is 3.49. The molecule has 1 amide bonds. The SMILES string of the molecule is N#CC1=C(N)OC(/C=N/Nc2ccccc2)=C(C(=O)Nc2ccccc2)C1c1ccccc1. The van der Waals surface area contributed by atoms with Crippen LogP contribution in [0.4, 0.5) is 11.4 Å². The molecule has 0 saturated heterocycles. The number of ether oxygens (including phenoxy) is 1. The van der Waals surface area contributed by atoms with E-state index in [0.717, 1.165) is 11.3 Å². The number of nitrogens with one attached hydrogen (secondary N) is 2. The van der Waals surface area contributed by atoms with Gasteiger partial charge in [0, 0.05) is 5.69 Å². The molecule has 0 radical (unpaired) electrons. The summed E-state index contributed by atoms with van der Waals surface area (Å²) in [4.78, 5) is 13.5. The van der Waals surface area contributed by atoms with Gasteiger partial charge in [-0.2, -0.15) is 10.4 Å². The van der Waals surface area contributed by atoms with E-state index >= 15 is 0 Å². The van der Waals surface area contributed by atoms with E-state index in [1.807, 2.05) is 78.9 Å². The second-order valence-electron chi connectivity index (χ2n) is 7.17. The summed E-state index contributed by atoms with van der Waals surface area (Å²) in [6.07, 6.45) is 1.39. The van der Waals surface area contributed by atoms with Crippen molar-refractivity contribution in [3.8, 4) is 6.07 Å². The van der Waals surface area contributed by atoms with Crippen LogP contribution in [0.1, 0.15) is 11.5 Å². The van der Waals surface area contributed by atoms with E-state index in [4.69, 9.17) is 10.5 Å². The lowest BCUT2D eigenvalue weighted by Crippen LogP contribution is -2.29. The number of amides is 1. The van der Waals surface area contributed by atoms with Crippen molar-refractivity contribution < 1.29 is 9.53 Å². The lowest BCUT2D eigenvalue weighted by molar-refractivity contribution is -0.113. The average molecular weight is 435 g/mol. The molecule has 1 aliphatic heterocycles. The van der Waals surface area contributed by atoms with Crippen LogP contribution in [0.2, 0.25) is 0 Å². The summed E-state index contributed by atoms with van der Waals surface area (Å²) in [5.41, 5.74) is 11.5. The minimum atomic E-state index is -0.716. The van der Waals surface area contributed by atoms with E-state index in [2.05, 4.69) is 21.9 Å². The first kappa shape index (κ1) is 21.4. The molecule has 3 aromatic rings. The standard InChI is InChI=1S/C26H21N5O2/c27-16-21-23(18-10-4-1-5-11-18)24(26(32)30-19-12-6-2-7-13-19)22(33-25(21)28)17-29-31-20-14-8-3-9-15-20/h1-15,17,23,31H,28H2,(H,30,32)/b29-17+. The minimum Gasteiger partial charge on any atom is -0.438 e. The molecule has 1 unspecified atom stereocenters. The van der Waals surface area contributed by atoms with Gasteiger partial charge in [-0.05, 0) is 29.8 Å². The molecular weight excluding hydrogens is 414 g/mol. The van der Waals surface area contributed by atoms with Gasteiger partial charge in [-0.3, -0.25) is 10.2 Å². The molecule has 0 aliphatic carbocycles. The summed E-state index contributed by atoms with van der Waals surface area (Å²) in [6, 6.07) is 29.7. The van der Waals surface area contributed by atoms with Crippen molar-refractivity contribution in [2.24, 2.45) is 10.8 Å². The van der Waals surface area contributed by atoms with Gasteiger partial charge in [0.1, 0.15) is 11.6 Å². The van der Waals surface area contributed by atoms with Crippen molar-refractivity contribution in [3.63, 3.8) is 0 Å². The van der Waals surface area contributed by atoms with Crippen molar-refractivity contribution in [2.75, 3.05) is 10.7 Å². The molecule has 7 heteroatoms. The second-order valence-corrected chi connectivity index (χ2v) is 7.17. The smallest absolute Gasteiger partial charge is 0.256 e. The Kier molecular flexibility index (Phi) is 6.48. The van der Waals surface area contributed by atoms with E-state index in [9.17, 15) is 10.1 Å². The fourth-order valence-electron chi connectivity index (χ4n) is 3.49. The van der Waals surface area contributed by atoms with E-state index in [1.165, 1.54) is 6.21 Å². The van der Waals surface area contributed by atoms with Gasteiger partial charge in [-0.25, -0.2) is 0 Å². The molecule has 1 heterocycles. The summed E-state index contributed by atoms with van der Waals surface area (Å²) in [6.45, 7) is 0. The van der Waals surface area contributed by atoms with Crippen LogP contribution in [0.3, 0.4) is 0 Å². The highest BCUT2D eigenvalue weighted by Crippen LogP contribution is 2.39. The molecular formula is C26H21N5O2. The summed E-state index contributed by atoms with van der Waals surface area (Å²) in [5, 5.41) is 16.9. The number of carbonyl (C=O) groups is 1. The number of hydrogen-bond donors (Lipinski definition) is 3. The molecule has 0 bridgehead atoms. The summed E-state index contributed by atoms with van der Waals surface area (Å²) < 4.78 is 5.72. The van der Waals surface area contributed by atoms with Crippen molar-refractivity contribution in [2.45, 2.75) is 5.92 Å². The van der Waals surface area contributed by atoms with Crippen LogP contribution in [-0.2, 0) is 9.53 Å². The first-order valence-corrected chi connectivity index (χ1v) is 10.2. The van der Waals surface area contributed by atoms with Crippen molar-refractivity contribution in [3.05, 3.63) is 119 Å². The Bertz CT molecular complexity index is 1260. The van der Waals surface area contributed by atoms with Gasteiger partial charge in [0.15, 0.2) is 5.76 Å². The molecule has 4 rings (SSSR count). The van der Waals surface area contributed by atoms with E-state index < -0.39 is 11.8 Å². The van der Waals surface area contributed by atoms with Crippen molar-refractivity contribution in [1.82, 2.24) is 0 Å². The topological polar surface area (TPSA) is 113 Å². The molecule has 0 spiro atoms. The van der Waals surface area contributed by atoms with Crippen LogP contribution >= 0.6 is 0 Å². The fraction of sp³-hybridized carbons (Fsp3) is 0.0385. The third-order valence-corrected chi connectivity index (χ3v) is 5.01. The zero-order valence-electron chi connectivity index (χ0n) is 17.6. The monoisotopic (exact) mass is 435 g/mol. The van der Waals surface area contributed by atoms with Gasteiger partial charge in [0.2, 0.25) is 5.88 Å². The first-order chi connectivity index (χ1) is 16.2. The maximum atomic E-state index is 13.5. The van der Waals surface area contributed by atoms with Gasteiger partial charge >= 0.3 is 0 Å². The number of anilines is 2. The number of hydrogen-bond acceptors (Lipinski definition) is 6. The Hall–Kier alpha value is -4.83. The number of nitrogens with zero attached hydrogens (tertiary/aromatic N) is 2. The number of carbonyl (C=O) groups excluding carboxylic acids is 1. The van der Waals surface area contributed by atoms with Gasteiger partial charge in [0.05, 0.1) is 23.4 Å². The largest absolute Gasteiger partial charge is 0.438 e. The van der Waals surface area contributed by atoms with Gasteiger partial charge in [-0.1, -0.05) is 66.7 Å². The maximum absolute atomic E-state index is 13.5. The number of hydrazone groups is 1. The third kappa shape index (κ3) is 4.92. The Morgan fingerprint density at radius 3 is 2.12 bits per heavy atom. The Labute approximate surface area is 191 Å². The van der Waals surface area contributed by atoms with E-state index in [1.54, 1.807) is 12.1 Å². The molecule has 1 aliphatic rings. The summed E-state index contributed by atoms with van der Waals surface area (Å²) in [7, 11) is 0. The van der Waals surface area contributed by atoms with E-state index in [0.29, 0.717) is 5.69 Å². The zero-order chi connectivity index (χ0) is 23.0.